The molecule has 2 aromatic heterocycles. The summed E-state index contributed by atoms with van der Waals surface area (Å²) in [6, 6.07) is 12.0. The van der Waals surface area contributed by atoms with Crippen LogP contribution in [0.5, 0.6) is 23.0 Å². The highest BCUT2D eigenvalue weighted by Gasteiger charge is 2.31. The van der Waals surface area contributed by atoms with Crippen molar-refractivity contribution in [2.24, 2.45) is 5.10 Å². The van der Waals surface area contributed by atoms with Gasteiger partial charge in [0.1, 0.15) is 33.3 Å². The second-order valence-corrected chi connectivity index (χ2v) is 10.6. The number of nitrogens with zero attached hydrogens (tertiary/aromatic N) is 5. The molecule has 3 heterocycles. The van der Waals surface area contributed by atoms with Crippen LogP contribution in [0, 0.1) is 24.0 Å². The van der Waals surface area contributed by atoms with Gasteiger partial charge in [0.15, 0.2) is 5.03 Å². The number of hydrogen-bond donors (Lipinski definition) is 1. The number of ether oxygens (including phenoxy) is 4. The number of hydrogen-bond acceptors (Lipinski definition) is 9. The van der Waals surface area contributed by atoms with Crippen LogP contribution in [-0.4, -0.2) is 58.6 Å². The number of nitro groups is 1. The minimum absolute atomic E-state index is 0.282. The Balaban J connectivity index is 0.000000257. The van der Waals surface area contributed by atoms with E-state index < -0.39 is 17.6 Å². The molecular weight excluding hydrogens is 661 g/mol. The number of aromatic nitrogens is 2. The van der Waals surface area contributed by atoms with Crippen LogP contribution in [0.15, 0.2) is 59.8 Å². The zero-order chi connectivity index (χ0) is 35.0. The number of rotatable bonds is 8. The third kappa shape index (κ3) is 9.57. The molecule has 13 nitrogen and oxygen atoms in total. The Morgan fingerprint density at radius 3 is 2.46 bits per heavy atom. The highest BCUT2D eigenvalue weighted by molar-refractivity contribution is 6.29. The van der Waals surface area contributed by atoms with E-state index in [1.807, 2.05) is 19.9 Å². The summed E-state index contributed by atoms with van der Waals surface area (Å²) in [4.78, 5) is 32.5. The maximum atomic E-state index is 12.3. The molecule has 0 aliphatic carbocycles. The molecule has 1 aliphatic rings. The van der Waals surface area contributed by atoms with E-state index in [4.69, 9.17) is 21.1 Å². The Labute approximate surface area is 277 Å². The molecule has 5 rings (SSSR count). The predicted octanol–water partition coefficient (Wildman–Crippen LogP) is 6.94. The molecule has 1 N–H and O–H groups in total. The summed E-state index contributed by atoms with van der Waals surface area (Å²) in [5, 5.41) is 16.7. The lowest BCUT2D eigenvalue weighted by Crippen LogP contribution is -2.30. The van der Waals surface area contributed by atoms with E-state index in [9.17, 15) is 28.1 Å². The highest BCUT2D eigenvalue weighted by Crippen LogP contribution is 2.37. The van der Waals surface area contributed by atoms with Crippen LogP contribution in [-0.2, 0) is 17.7 Å². The van der Waals surface area contributed by atoms with Gasteiger partial charge in [-0.2, -0.15) is 0 Å². The minimum Gasteiger partial charge on any atom is -0.457 e. The van der Waals surface area contributed by atoms with Gasteiger partial charge in [-0.3, -0.25) is 4.98 Å². The van der Waals surface area contributed by atoms with Crippen molar-refractivity contribution in [2.75, 3.05) is 20.2 Å². The van der Waals surface area contributed by atoms with Gasteiger partial charge in [0.05, 0.1) is 12.6 Å². The molecule has 0 unspecified atom stereocenters. The Hall–Kier alpha value is -5.38. The molecule has 17 heteroatoms. The summed E-state index contributed by atoms with van der Waals surface area (Å²) < 4.78 is 56.7. The van der Waals surface area contributed by atoms with Gasteiger partial charge in [-0.25, -0.2) is 19.9 Å². The number of hydrazone groups is 1. The molecule has 48 heavy (non-hydrogen) atoms. The first kappa shape index (κ1) is 35.5. The molecule has 254 valence electrons. The van der Waals surface area contributed by atoms with Crippen molar-refractivity contribution in [3.63, 3.8) is 0 Å². The SMILES string of the molecule is CCc1nc2cc(C)c(Oc3ccc(OC(F)(F)F)cc3)cc2c(OC(=O)OC)c1C.O=[N+]([O-])/N=C1\NCCN1Cc1ccc(Cl)nc1. The van der Waals surface area contributed by atoms with Crippen molar-refractivity contribution in [3.05, 3.63) is 92.4 Å². The molecule has 1 saturated heterocycles. The number of halogens is 4. The van der Waals surface area contributed by atoms with Crippen molar-refractivity contribution in [3.8, 4) is 23.0 Å². The molecule has 0 spiro atoms. The Morgan fingerprint density at radius 2 is 1.85 bits per heavy atom. The number of pyridine rings is 2. The van der Waals surface area contributed by atoms with Crippen LogP contribution in [0.25, 0.3) is 10.9 Å². The Bertz CT molecular complexity index is 1810. The fourth-order valence-corrected chi connectivity index (χ4v) is 4.74. The summed E-state index contributed by atoms with van der Waals surface area (Å²) in [6.45, 7) is 7.39. The van der Waals surface area contributed by atoms with Gasteiger partial charge >= 0.3 is 12.5 Å². The molecule has 0 atom stereocenters. The topological polar surface area (TPSA) is 151 Å². The monoisotopic (exact) mass is 690 g/mol. The van der Waals surface area contributed by atoms with E-state index in [2.05, 4.69) is 29.9 Å². The number of carbonyl (C=O) groups is 1. The van der Waals surface area contributed by atoms with Crippen LogP contribution < -0.4 is 19.5 Å². The van der Waals surface area contributed by atoms with Crippen LogP contribution in [0.4, 0.5) is 18.0 Å². The zero-order valence-electron chi connectivity index (χ0n) is 26.1. The van der Waals surface area contributed by atoms with Gasteiger partial charge in [-0.1, -0.05) is 24.6 Å². The summed E-state index contributed by atoms with van der Waals surface area (Å²) in [5.74, 6) is 0.979. The molecule has 1 fully saturated rings. The minimum atomic E-state index is -4.77. The van der Waals surface area contributed by atoms with Crippen LogP contribution in [0.1, 0.15) is 29.3 Å². The van der Waals surface area contributed by atoms with E-state index in [0.29, 0.717) is 64.9 Å². The molecule has 2 aromatic carbocycles. The number of carbonyl (C=O) groups excluding carboxylic acids is 1. The van der Waals surface area contributed by atoms with E-state index in [0.717, 1.165) is 29.0 Å². The zero-order valence-corrected chi connectivity index (χ0v) is 26.9. The van der Waals surface area contributed by atoms with E-state index in [1.54, 1.807) is 36.2 Å². The summed E-state index contributed by atoms with van der Waals surface area (Å²) in [6.07, 6.45) is -3.34. The Morgan fingerprint density at radius 1 is 1.15 bits per heavy atom. The third-order valence-electron chi connectivity index (χ3n) is 6.84. The fourth-order valence-electron chi connectivity index (χ4n) is 4.63. The first-order valence-electron chi connectivity index (χ1n) is 14.3. The van der Waals surface area contributed by atoms with E-state index >= 15 is 0 Å². The maximum absolute atomic E-state index is 12.3. The van der Waals surface area contributed by atoms with Crippen LogP contribution in [0.3, 0.4) is 0 Å². The third-order valence-corrected chi connectivity index (χ3v) is 7.07. The second-order valence-electron chi connectivity index (χ2n) is 10.2. The van der Waals surface area contributed by atoms with Crippen LogP contribution in [0.2, 0.25) is 5.15 Å². The molecule has 0 amide bonds. The van der Waals surface area contributed by atoms with Gasteiger partial charge in [-0.15, -0.1) is 13.2 Å². The molecular formula is C31H30ClF3N6O7. The average molecular weight is 691 g/mol. The fraction of sp³-hybridized carbons (Fsp3) is 0.290. The van der Waals surface area contributed by atoms with Gasteiger partial charge in [0, 0.05) is 42.5 Å². The number of fused-ring (bicyclic) bond motifs is 1. The van der Waals surface area contributed by atoms with Crippen LogP contribution >= 0.6 is 11.6 Å². The maximum Gasteiger partial charge on any atom is 0.573 e. The number of alkyl halides is 3. The van der Waals surface area contributed by atoms with Gasteiger partial charge < -0.3 is 29.2 Å². The first-order chi connectivity index (χ1) is 22.8. The number of nitrogens with one attached hydrogen (secondary N) is 1. The summed E-state index contributed by atoms with van der Waals surface area (Å²) in [7, 11) is 1.21. The Kier molecular flexibility index (Phi) is 11.4. The van der Waals surface area contributed by atoms with Crippen molar-refractivity contribution >= 4 is 34.6 Å². The number of benzene rings is 2. The van der Waals surface area contributed by atoms with Crippen molar-refractivity contribution < 1.29 is 41.9 Å². The summed E-state index contributed by atoms with van der Waals surface area (Å²) >= 11 is 5.68. The van der Waals surface area contributed by atoms with E-state index in [1.165, 1.54) is 19.2 Å². The van der Waals surface area contributed by atoms with Crippen molar-refractivity contribution in [1.82, 2.24) is 20.2 Å². The second kappa shape index (κ2) is 15.5. The normalized spacial score (nSPS) is 13.4. The standard InChI is InChI=1S/C22H20F3NO5.C9H10ClN5O2/c1-5-17-13(3)20(30-21(27)28-4)16-11-19(12(2)10-18(16)26-17)29-14-6-8-15(9-7-14)31-22(23,24)25;10-8-2-1-7(5-12-8)6-14-4-3-11-9(14)13-15(16)17/h6-11H,5H2,1-4H3;1-2,5H,3-4,6H2,(H,11,13). The largest absolute Gasteiger partial charge is 0.573 e. The number of guanidine groups is 1. The molecule has 1 aliphatic heterocycles. The number of aryl methyl sites for hydroxylation is 2. The number of methoxy groups -OCH3 is 1. The van der Waals surface area contributed by atoms with Crippen molar-refractivity contribution in [2.45, 2.75) is 40.1 Å². The quantitative estimate of drug-likeness (QED) is 0.0886. The molecule has 0 bridgehead atoms. The smallest absolute Gasteiger partial charge is 0.457 e. The van der Waals surface area contributed by atoms with E-state index in [-0.39, 0.29) is 11.7 Å². The molecule has 4 aromatic rings. The average Bonchev–Trinajstić information content (AvgIpc) is 3.46. The van der Waals surface area contributed by atoms with Gasteiger partial charge in [-0.05, 0) is 73.9 Å². The lowest BCUT2D eigenvalue weighted by molar-refractivity contribution is -0.485. The summed E-state index contributed by atoms with van der Waals surface area (Å²) in [5.41, 5.74) is 3.75. The van der Waals surface area contributed by atoms with Crippen molar-refractivity contribution in [1.29, 1.82) is 0 Å². The van der Waals surface area contributed by atoms with Gasteiger partial charge in [0.2, 0.25) is 0 Å². The lowest BCUT2D eigenvalue weighted by Gasteiger charge is -2.16. The predicted molar refractivity (Wildman–Crippen MR) is 169 cm³/mol. The lowest BCUT2D eigenvalue weighted by atomic mass is 10.0. The molecule has 0 radical (unpaired) electrons. The first-order valence-corrected chi connectivity index (χ1v) is 14.7. The van der Waals surface area contributed by atoms with Gasteiger partial charge in [0.25, 0.3) is 5.96 Å². The highest BCUT2D eigenvalue weighted by atomic mass is 35.5. The molecule has 0 saturated carbocycles.